The summed E-state index contributed by atoms with van der Waals surface area (Å²) in [6, 6.07) is 0. The van der Waals surface area contributed by atoms with E-state index in [1.165, 1.54) is 0 Å². The predicted molar refractivity (Wildman–Crippen MR) is 71.2 cm³/mol. The van der Waals surface area contributed by atoms with Crippen molar-refractivity contribution in [2.24, 2.45) is 11.7 Å². The van der Waals surface area contributed by atoms with Crippen molar-refractivity contribution in [3.63, 3.8) is 0 Å². The van der Waals surface area contributed by atoms with E-state index in [0.717, 1.165) is 44.4 Å². The topological polar surface area (TPSA) is 64.3 Å². The number of nitrogens with two attached hydrogens (primary N) is 1. The van der Waals surface area contributed by atoms with Crippen LogP contribution in [0.15, 0.2) is 0 Å². The molecule has 1 atom stereocenters. The Labute approximate surface area is 110 Å². The lowest BCUT2D eigenvalue weighted by Gasteiger charge is -2.41. The monoisotopic (exact) mass is 254 g/mol. The molecule has 0 bridgehead atoms. The van der Waals surface area contributed by atoms with E-state index in [0.29, 0.717) is 13.2 Å². The number of nitrogens with one attached hydrogen (secondary N) is 1. The third kappa shape index (κ3) is 2.69. The highest BCUT2D eigenvalue weighted by Gasteiger charge is 2.42. The predicted octanol–water partition coefficient (Wildman–Crippen LogP) is 1.58. The van der Waals surface area contributed by atoms with Gasteiger partial charge in [0.1, 0.15) is 5.60 Å². The van der Waals surface area contributed by atoms with Crippen LogP contribution in [-0.2, 0) is 9.53 Å². The highest BCUT2D eigenvalue weighted by Crippen LogP contribution is 2.33. The molecule has 4 nitrogen and oxygen atoms in total. The van der Waals surface area contributed by atoms with Crippen molar-refractivity contribution < 1.29 is 9.53 Å². The first-order chi connectivity index (χ1) is 8.50. The fourth-order valence-corrected chi connectivity index (χ4v) is 3.03. The van der Waals surface area contributed by atoms with Crippen molar-refractivity contribution in [1.29, 1.82) is 0 Å². The van der Waals surface area contributed by atoms with Crippen molar-refractivity contribution in [2.75, 3.05) is 13.2 Å². The molecule has 0 aromatic carbocycles. The lowest BCUT2D eigenvalue weighted by Crippen LogP contribution is -2.60. The molecule has 1 saturated carbocycles. The van der Waals surface area contributed by atoms with Gasteiger partial charge in [0.2, 0.25) is 0 Å². The second-order valence-electron chi connectivity index (χ2n) is 6.30. The first kappa shape index (κ1) is 13.8. The van der Waals surface area contributed by atoms with Gasteiger partial charge in [0.15, 0.2) is 0 Å². The summed E-state index contributed by atoms with van der Waals surface area (Å²) in [5.41, 5.74) is 5.09. The van der Waals surface area contributed by atoms with E-state index in [2.05, 4.69) is 12.2 Å². The van der Waals surface area contributed by atoms with Gasteiger partial charge in [-0.25, -0.2) is 0 Å². The minimum atomic E-state index is -0.634. The van der Waals surface area contributed by atoms with E-state index in [1.54, 1.807) is 0 Å². The lowest BCUT2D eigenvalue weighted by atomic mass is 9.76. The molecule has 1 aliphatic heterocycles. The zero-order chi connectivity index (χ0) is 13.2. The minimum Gasteiger partial charge on any atom is -0.365 e. The Balaban J connectivity index is 1.99. The third-order valence-electron chi connectivity index (χ3n) is 4.70. The summed E-state index contributed by atoms with van der Waals surface area (Å²) >= 11 is 0. The Morgan fingerprint density at radius 3 is 2.56 bits per heavy atom. The third-order valence-corrected chi connectivity index (χ3v) is 4.70. The first-order valence-corrected chi connectivity index (χ1v) is 7.16. The summed E-state index contributed by atoms with van der Waals surface area (Å²) in [6.45, 7) is 5.38. The number of hydrogen-bond donors (Lipinski definition) is 2. The molecule has 0 spiro atoms. The van der Waals surface area contributed by atoms with Gasteiger partial charge in [-0.05, 0) is 51.4 Å². The van der Waals surface area contributed by atoms with Crippen LogP contribution in [0.4, 0.5) is 0 Å². The van der Waals surface area contributed by atoms with E-state index in [4.69, 9.17) is 10.5 Å². The number of amides is 1. The number of rotatable bonds is 3. The van der Waals surface area contributed by atoms with Gasteiger partial charge in [-0.2, -0.15) is 0 Å². The quantitative estimate of drug-likeness (QED) is 0.803. The molecule has 18 heavy (non-hydrogen) atoms. The van der Waals surface area contributed by atoms with Crippen LogP contribution in [0, 0.1) is 5.92 Å². The molecule has 3 N–H and O–H groups in total. The lowest BCUT2D eigenvalue weighted by molar-refractivity contribution is -0.142. The highest BCUT2D eigenvalue weighted by atomic mass is 16.5. The Bertz CT molecular complexity index is 303. The van der Waals surface area contributed by atoms with Gasteiger partial charge in [0.25, 0.3) is 5.91 Å². The fourth-order valence-electron chi connectivity index (χ4n) is 3.03. The molecule has 1 aliphatic carbocycles. The fraction of sp³-hybridized carbons (Fsp3) is 0.929. The SMILES string of the molecule is CC1CCC(CN)(NC(=O)C2(C)CCCO2)CC1. The molecule has 1 heterocycles. The Morgan fingerprint density at radius 1 is 1.39 bits per heavy atom. The highest BCUT2D eigenvalue weighted by molar-refractivity contribution is 5.85. The van der Waals surface area contributed by atoms with Crippen molar-refractivity contribution in [3.05, 3.63) is 0 Å². The molecule has 1 saturated heterocycles. The molecular weight excluding hydrogens is 228 g/mol. The summed E-state index contributed by atoms with van der Waals surface area (Å²) in [5, 5.41) is 3.20. The number of hydrogen-bond acceptors (Lipinski definition) is 3. The minimum absolute atomic E-state index is 0.0278. The largest absolute Gasteiger partial charge is 0.365 e. The molecular formula is C14H26N2O2. The van der Waals surface area contributed by atoms with Crippen LogP contribution in [0.25, 0.3) is 0 Å². The average molecular weight is 254 g/mol. The second-order valence-corrected chi connectivity index (χ2v) is 6.30. The van der Waals surface area contributed by atoms with Gasteiger partial charge in [0.05, 0.1) is 5.54 Å². The molecule has 0 aromatic rings. The van der Waals surface area contributed by atoms with E-state index >= 15 is 0 Å². The molecule has 1 amide bonds. The van der Waals surface area contributed by atoms with Gasteiger partial charge in [-0.1, -0.05) is 6.92 Å². The van der Waals surface area contributed by atoms with Gasteiger partial charge < -0.3 is 15.8 Å². The maximum atomic E-state index is 12.4. The maximum Gasteiger partial charge on any atom is 0.252 e. The van der Waals surface area contributed by atoms with E-state index < -0.39 is 5.60 Å². The zero-order valence-electron chi connectivity index (χ0n) is 11.6. The van der Waals surface area contributed by atoms with Crippen LogP contribution in [-0.4, -0.2) is 30.2 Å². The van der Waals surface area contributed by atoms with Crippen molar-refractivity contribution in [2.45, 2.75) is 63.5 Å². The summed E-state index contributed by atoms with van der Waals surface area (Å²) < 4.78 is 5.60. The molecule has 4 heteroatoms. The normalized spacial score (nSPS) is 40.7. The molecule has 2 aliphatic rings. The molecule has 2 rings (SSSR count). The Hall–Kier alpha value is -0.610. The molecule has 2 fully saturated rings. The Morgan fingerprint density at radius 2 is 2.06 bits per heavy atom. The second kappa shape index (κ2) is 5.17. The zero-order valence-corrected chi connectivity index (χ0v) is 11.6. The summed E-state index contributed by atoms with van der Waals surface area (Å²) in [5.74, 6) is 0.778. The first-order valence-electron chi connectivity index (χ1n) is 7.16. The van der Waals surface area contributed by atoms with Crippen LogP contribution < -0.4 is 11.1 Å². The van der Waals surface area contributed by atoms with Crippen LogP contribution >= 0.6 is 0 Å². The van der Waals surface area contributed by atoms with Crippen LogP contribution in [0.2, 0.25) is 0 Å². The van der Waals surface area contributed by atoms with Gasteiger partial charge in [-0.3, -0.25) is 4.79 Å². The summed E-state index contributed by atoms with van der Waals surface area (Å²) in [6.07, 6.45) is 6.07. The molecule has 104 valence electrons. The molecule has 0 aromatic heterocycles. The van der Waals surface area contributed by atoms with Crippen molar-refractivity contribution in [1.82, 2.24) is 5.32 Å². The van der Waals surface area contributed by atoms with Crippen LogP contribution in [0.5, 0.6) is 0 Å². The van der Waals surface area contributed by atoms with E-state index in [1.807, 2.05) is 6.92 Å². The van der Waals surface area contributed by atoms with Crippen molar-refractivity contribution >= 4 is 5.91 Å². The van der Waals surface area contributed by atoms with Crippen molar-refractivity contribution in [3.8, 4) is 0 Å². The van der Waals surface area contributed by atoms with E-state index in [-0.39, 0.29) is 11.4 Å². The number of carbonyl (C=O) groups is 1. The van der Waals surface area contributed by atoms with Crippen LogP contribution in [0.1, 0.15) is 52.4 Å². The average Bonchev–Trinajstić information content (AvgIpc) is 2.81. The van der Waals surface area contributed by atoms with E-state index in [9.17, 15) is 4.79 Å². The summed E-state index contributed by atoms with van der Waals surface area (Å²) in [4.78, 5) is 12.4. The van der Waals surface area contributed by atoms with Crippen LogP contribution in [0.3, 0.4) is 0 Å². The molecule has 0 radical (unpaired) electrons. The number of carbonyl (C=O) groups excluding carboxylic acids is 1. The molecule has 1 unspecified atom stereocenters. The standard InChI is InChI=1S/C14H26N2O2/c1-11-4-7-14(10-15,8-5-11)16-12(17)13(2)6-3-9-18-13/h11H,3-10,15H2,1-2H3,(H,16,17). The number of ether oxygens (including phenoxy) is 1. The summed E-state index contributed by atoms with van der Waals surface area (Å²) in [7, 11) is 0. The van der Waals surface area contributed by atoms with Gasteiger partial charge in [0, 0.05) is 13.2 Å². The smallest absolute Gasteiger partial charge is 0.252 e. The van der Waals surface area contributed by atoms with Gasteiger partial charge in [-0.15, -0.1) is 0 Å². The Kier molecular flexibility index (Phi) is 3.97. The maximum absolute atomic E-state index is 12.4. The van der Waals surface area contributed by atoms with Gasteiger partial charge >= 0.3 is 0 Å².